The maximum atomic E-state index is 12.6. The molecule has 0 radical (unpaired) electrons. The minimum absolute atomic E-state index is 0.138. The van der Waals surface area contributed by atoms with E-state index in [-0.39, 0.29) is 24.8 Å². The molecule has 1 aromatic heterocycles. The van der Waals surface area contributed by atoms with Gasteiger partial charge in [0.1, 0.15) is 15.9 Å². The van der Waals surface area contributed by atoms with Crippen molar-refractivity contribution < 1.29 is 14.3 Å². The summed E-state index contributed by atoms with van der Waals surface area (Å²) < 4.78 is 5.58. The summed E-state index contributed by atoms with van der Waals surface area (Å²) in [5, 5.41) is 2.69. The van der Waals surface area contributed by atoms with Crippen molar-refractivity contribution >= 4 is 52.0 Å². The van der Waals surface area contributed by atoms with Crippen molar-refractivity contribution in [3.8, 4) is 5.75 Å². The number of pyridine rings is 1. The second-order valence-corrected chi connectivity index (χ2v) is 7.30. The molecule has 0 atom stereocenters. The molecule has 2 amide bonds. The first kappa shape index (κ1) is 19.1. The number of thiocarbonyl (C=S) groups is 1. The van der Waals surface area contributed by atoms with E-state index < -0.39 is 0 Å². The maximum absolute atomic E-state index is 12.6. The highest BCUT2D eigenvalue weighted by Crippen LogP contribution is 2.32. The Morgan fingerprint density at radius 2 is 2.07 bits per heavy atom. The summed E-state index contributed by atoms with van der Waals surface area (Å²) in [6, 6.07) is 12.6. The molecule has 2 heterocycles. The summed E-state index contributed by atoms with van der Waals surface area (Å²) in [6.45, 7) is 0.225. The fourth-order valence-corrected chi connectivity index (χ4v) is 3.71. The zero-order valence-corrected chi connectivity index (χ0v) is 16.2. The van der Waals surface area contributed by atoms with Crippen LogP contribution in [-0.2, 0) is 9.59 Å². The van der Waals surface area contributed by atoms with Crippen LogP contribution in [0.1, 0.15) is 12.0 Å². The SMILES string of the molecule is COc1ccc(/C=C2\SC(=S)N(CCC(=O)Nc3ccccn3)C2=O)cc1. The highest BCUT2D eigenvalue weighted by molar-refractivity contribution is 8.26. The third-order valence-electron chi connectivity index (χ3n) is 3.78. The zero-order chi connectivity index (χ0) is 19.2. The van der Waals surface area contributed by atoms with E-state index in [0.717, 1.165) is 11.3 Å². The summed E-state index contributed by atoms with van der Waals surface area (Å²) in [5.41, 5.74) is 0.879. The number of rotatable bonds is 6. The van der Waals surface area contributed by atoms with Gasteiger partial charge in [-0.2, -0.15) is 0 Å². The average Bonchev–Trinajstić information content (AvgIpc) is 2.94. The number of hydrogen-bond acceptors (Lipinski definition) is 6. The van der Waals surface area contributed by atoms with Crippen LogP contribution in [0.25, 0.3) is 6.08 Å². The number of carbonyl (C=O) groups is 2. The van der Waals surface area contributed by atoms with Crippen molar-refractivity contribution in [2.45, 2.75) is 6.42 Å². The number of aromatic nitrogens is 1. The van der Waals surface area contributed by atoms with Crippen LogP contribution in [0.3, 0.4) is 0 Å². The highest BCUT2D eigenvalue weighted by Gasteiger charge is 2.32. The summed E-state index contributed by atoms with van der Waals surface area (Å²) in [4.78, 5) is 30.7. The molecule has 1 aliphatic rings. The summed E-state index contributed by atoms with van der Waals surface area (Å²) >= 11 is 6.53. The lowest BCUT2D eigenvalue weighted by Crippen LogP contribution is -2.31. The van der Waals surface area contributed by atoms with Crippen LogP contribution in [-0.4, -0.2) is 39.7 Å². The van der Waals surface area contributed by atoms with Crippen molar-refractivity contribution in [1.82, 2.24) is 9.88 Å². The lowest BCUT2D eigenvalue weighted by atomic mass is 10.2. The molecule has 1 aliphatic heterocycles. The Bertz CT molecular complexity index is 883. The summed E-state index contributed by atoms with van der Waals surface area (Å²) in [7, 11) is 1.60. The molecule has 8 heteroatoms. The first-order chi connectivity index (χ1) is 13.1. The predicted molar refractivity (Wildman–Crippen MR) is 110 cm³/mol. The van der Waals surface area contributed by atoms with Gasteiger partial charge in [-0.15, -0.1) is 0 Å². The standard InChI is InChI=1S/C19H17N3O3S2/c1-25-14-7-5-13(6-8-14)12-15-18(24)22(19(26)27-15)11-9-17(23)21-16-4-2-3-10-20-16/h2-8,10,12H,9,11H2,1H3,(H,20,21,23)/b15-12-. The normalized spacial score (nSPS) is 15.3. The molecule has 1 fully saturated rings. The summed E-state index contributed by atoms with van der Waals surface area (Å²) in [6.07, 6.45) is 3.52. The molecule has 2 aromatic rings. The van der Waals surface area contributed by atoms with E-state index in [1.54, 1.807) is 37.6 Å². The van der Waals surface area contributed by atoms with Crippen LogP contribution in [0.15, 0.2) is 53.6 Å². The van der Waals surface area contributed by atoms with Crippen molar-refractivity contribution in [2.24, 2.45) is 0 Å². The van der Waals surface area contributed by atoms with E-state index in [1.165, 1.54) is 16.7 Å². The molecule has 1 N–H and O–H groups in total. The fourth-order valence-electron chi connectivity index (χ4n) is 2.40. The zero-order valence-electron chi connectivity index (χ0n) is 14.5. The molecule has 6 nitrogen and oxygen atoms in total. The Kier molecular flexibility index (Phi) is 6.20. The molecule has 1 saturated heterocycles. The third-order valence-corrected chi connectivity index (χ3v) is 5.16. The van der Waals surface area contributed by atoms with Gasteiger partial charge in [0, 0.05) is 19.2 Å². The maximum Gasteiger partial charge on any atom is 0.266 e. The van der Waals surface area contributed by atoms with Crippen LogP contribution in [0.5, 0.6) is 5.75 Å². The Morgan fingerprint density at radius 1 is 1.30 bits per heavy atom. The van der Waals surface area contributed by atoms with Gasteiger partial charge in [-0.1, -0.05) is 42.2 Å². The van der Waals surface area contributed by atoms with E-state index in [4.69, 9.17) is 17.0 Å². The van der Waals surface area contributed by atoms with Crippen LogP contribution < -0.4 is 10.1 Å². The average molecular weight is 399 g/mol. The van der Waals surface area contributed by atoms with Crippen LogP contribution >= 0.6 is 24.0 Å². The number of ether oxygens (including phenoxy) is 1. The van der Waals surface area contributed by atoms with Gasteiger partial charge in [-0.05, 0) is 35.9 Å². The number of methoxy groups -OCH3 is 1. The van der Waals surface area contributed by atoms with Crippen molar-refractivity contribution in [2.75, 3.05) is 19.0 Å². The van der Waals surface area contributed by atoms with Gasteiger partial charge in [-0.25, -0.2) is 4.98 Å². The molecular weight excluding hydrogens is 382 g/mol. The molecule has 0 unspecified atom stereocenters. The molecule has 0 spiro atoms. The van der Waals surface area contributed by atoms with E-state index in [2.05, 4.69) is 10.3 Å². The number of carbonyl (C=O) groups excluding carboxylic acids is 2. The Labute approximate surface area is 166 Å². The van der Waals surface area contributed by atoms with Gasteiger partial charge in [0.15, 0.2) is 0 Å². The second kappa shape index (κ2) is 8.79. The molecule has 0 saturated carbocycles. The highest BCUT2D eigenvalue weighted by atomic mass is 32.2. The molecule has 0 bridgehead atoms. The van der Waals surface area contributed by atoms with Gasteiger partial charge in [0.05, 0.1) is 12.0 Å². The quantitative estimate of drug-likeness (QED) is 0.594. The first-order valence-electron chi connectivity index (χ1n) is 8.17. The smallest absolute Gasteiger partial charge is 0.266 e. The molecule has 3 rings (SSSR count). The van der Waals surface area contributed by atoms with Crippen LogP contribution in [0, 0.1) is 0 Å². The first-order valence-corrected chi connectivity index (χ1v) is 9.39. The summed E-state index contributed by atoms with van der Waals surface area (Å²) in [5.74, 6) is 0.819. The minimum Gasteiger partial charge on any atom is -0.497 e. The lowest BCUT2D eigenvalue weighted by molar-refractivity contribution is -0.122. The predicted octanol–water partition coefficient (Wildman–Crippen LogP) is 3.32. The number of amides is 2. The van der Waals surface area contributed by atoms with Crippen LogP contribution in [0.4, 0.5) is 5.82 Å². The van der Waals surface area contributed by atoms with Crippen molar-refractivity contribution in [1.29, 1.82) is 0 Å². The van der Waals surface area contributed by atoms with Gasteiger partial charge in [0.25, 0.3) is 5.91 Å². The number of thioether (sulfide) groups is 1. The van der Waals surface area contributed by atoms with E-state index in [0.29, 0.717) is 15.0 Å². The fraction of sp³-hybridized carbons (Fsp3) is 0.158. The Hall–Kier alpha value is -2.71. The molecule has 138 valence electrons. The molecule has 0 aliphatic carbocycles. The number of benzene rings is 1. The van der Waals surface area contributed by atoms with Gasteiger partial charge >= 0.3 is 0 Å². The van der Waals surface area contributed by atoms with E-state index in [9.17, 15) is 9.59 Å². The topological polar surface area (TPSA) is 71.5 Å². The number of nitrogens with zero attached hydrogens (tertiary/aromatic N) is 2. The monoisotopic (exact) mass is 399 g/mol. The lowest BCUT2D eigenvalue weighted by Gasteiger charge is -2.13. The Balaban J connectivity index is 1.60. The molecule has 27 heavy (non-hydrogen) atoms. The largest absolute Gasteiger partial charge is 0.497 e. The van der Waals surface area contributed by atoms with Gasteiger partial charge < -0.3 is 10.1 Å². The van der Waals surface area contributed by atoms with Crippen LogP contribution in [0.2, 0.25) is 0 Å². The third kappa shape index (κ3) is 4.93. The number of nitrogens with one attached hydrogen (secondary N) is 1. The van der Waals surface area contributed by atoms with Crippen molar-refractivity contribution in [3.05, 3.63) is 59.1 Å². The molecular formula is C19H17N3O3S2. The van der Waals surface area contributed by atoms with E-state index >= 15 is 0 Å². The van der Waals surface area contributed by atoms with Crippen molar-refractivity contribution in [3.63, 3.8) is 0 Å². The van der Waals surface area contributed by atoms with Gasteiger partial charge in [-0.3, -0.25) is 14.5 Å². The van der Waals surface area contributed by atoms with Gasteiger partial charge in [0.2, 0.25) is 5.91 Å². The number of anilines is 1. The second-order valence-electron chi connectivity index (χ2n) is 5.62. The number of hydrogen-bond donors (Lipinski definition) is 1. The molecule has 1 aromatic carbocycles. The Morgan fingerprint density at radius 3 is 2.74 bits per heavy atom. The minimum atomic E-state index is -0.220. The van der Waals surface area contributed by atoms with E-state index in [1.807, 2.05) is 24.3 Å².